The summed E-state index contributed by atoms with van der Waals surface area (Å²) in [6, 6.07) is 0. The molecule has 0 amide bonds. The van der Waals surface area contributed by atoms with Crippen LogP contribution in [-0.4, -0.2) is 24.6 Å². The number of ketones is 2. The van der Waals surface area contributed by atoms with Gasteiger partial charge in [0.25, 0.3) is 0 Å². The van der Waals surface area contributed by atoms with Crippen molar-refractivity contribution in [2.24, 2.45) is 0 Å². The normalized spacial score (nSPS) is 16.3. The molecule has 0 heterocycles. The molecule has 1 rings (SSSR count). The third-order valence-corrected chi connectivity index (χ3v) is 2.24. The minimum Gasteiger partial charge on any atom is -0.469 e. The number of Topliss-reactive ketones (excluding diaryl/α,β-unsaturated/α-hetero) is 2. The fourth-order valence-electron chi connectivity index (χ4n) is 1.29. The van der Waals surface area contributed by atoms with Crippen LogP contribution in [-0.2, 0) is 19.1 Å². The fraction of sp³-hybridized carbons (Fsp3) is 0.364. The zero-order valence-electron chi connectivity index (χ0n) is 8.54. The van der Waals surface area contributed by atoms with Crippen molar-refractivity contribution in [3.63, 3.8) is 0 Å². The van der Waals surface area contributed by atoms with Gasteiger partial charge in [0, 0.05) is 17.6 Å². The van der Waals surface area contributed by atoms with E-state index in [1.807, 2.05) is 0 Å². The van der Waals surface area contributed by atoms with Gasteiger partial charge in [-0.1, -0.05) is 12.7 Å². The van der Waals surface area contributed by atoms with Gasteiger partial charge < -0.3 is 4.74 Å². The molecule has 0 radical (unpaired) electrons. The molecule has 0 fully saturated rings. The van der Waals surface area contributed by atoms with Gasteiger partial charge in [0.15, 0.2) is 0 Å². The summed E-state index contributed by atoms with van der Waals surface area (Å²) in [6.07, 6.45) is 2.41. The Hall–Kier alpha value is -1.71. The van der Waals surface area contributed by atoms with Gasteiger partial charge in [0.1, 0.15) is 0 Å². The first-order valence-corrected chi connectivity index (χ1v) is 4.59. The van der Waals surface area contributed by atoms with Gasteiger partial charge in [-0.25, -0.2) is 0 Å². The summed E-state index contributed by atoms with van der Waals surface area (Å²) in [6.45, 7) is 3.48. The lowest BCUT2D eigenvalue weighted by molar-refractivity contribution is -0.140. The lowest BCUT2D eigenvalue weighted by Gasteiger charge is -2.11. The first-order valence-electron chi connectivity index (χ1n) is 4.59. The minimum atomic E-state index is -0.546. The molecule has 0 N–H and O–H groups in total. The Kier molecular flexibility index (Phi) is 3.55. The van der Waals surface area contributed by atoms with Gasteiger partial charge in [0.05, 0.1) is 7.11 Å². The zero-order chi connectivity index (χ0) is 11.4. The Bertz CT molecular complexity index is 363. The van der Waals surface area contributed by atoms with Crippen molar-refractivity contribution in [2.75, 3.05) is 7.11 Å². The number of rotatable bonds is 3. The Morgan fingerprint density at radius 3 is 2.73 bits per heavy atom. The Morgan fingerprint density at radius 2 is 2.13 bits per heavy atom. The van der Waals surface area contributed by atoms with E-state index >= 15 is 0 Å². The third kappa shape index (κ3) is 2.62. The Morgan fingerprint density at radius 1 is 1.47 bits per heavy atom. The van der Waals surface area contributed by atoms with E-state index in [1.54, 1.807) is 6.08 Å². The van der Waals surface area contributed by atoms with Crippen molar-refractivity contribution in [1.29, 1.82) is 0 Å². The van der Waals surface area contributed by atoms with Gasteiger partial charge in [0.2, 0.25) is 11.6 Å². The smallest absolute Gasteiger partial charge is 0.305 e. The summed E-state index contributed by atoms with van der Waals surface area (Å²) in [5.74, 6) is -1.48. The van der Waals surface area contributed by atoms with Gasteiger partial charge >= 0.3 is 5.97 Å². The van der Waals surface area contributed by atoms with Crippen molar-refractivity contribution in [2.45, 2.75) is 19.3 Å². The number of carbonyl (C=O) groups is 3. The standard InChI is InChI=1S/C11H12O4/c1-7-3-4-8(11(14)10(7)13)5-6-9(12)15-2/h4H,1,3,5-6H2,2H3. The summed E-state index contributed by atoms with van der Waals surface area (Å²) in [5.41, 5.74) is 0.694. The molecular formula is C11H12O4. The van der Waals surface area contributed by atoms with Crippen molar-refractivity contribution in [3.8, 4) is 0 Å². The van der Waals surface area contributed by atoms with Gasteiger partial charge in [-0.2, -0.15) is 0 Å². The van der Waals surface area contributed by atoms with Crippen LogP contribution in [0.5, 0.6) is 0 Å². The molecule has 1 aliphatic carbocycles. The van der Waals surface area contributed by atoms with Crippen LogP contribution in [0.3, 0.4) is 0 Å². The molecule has 0 aromatic carbocycles. The van der Waals surface area contributed by atoms with Gasteiger partial charge in [-0.15, -0.1) is 0 Å². The molecule has 0 bridgehead atoms. The summed E-state index contributed by atoms with van der Waals surface area (Å²) in [5, 5.41) is 0. The van der Waals surface area contributed by atoms with E-state index in [4.69, 9.17) is 0 Å². The molecule has 4 nitrogen and oxygen atoms in total. The van der Waals surface area contributed by atoms with Crippen LogP contribution in [0.1, 0.15) is 19.3 Å². The Labute approximate surface area is 87.6 Å². The van der Waals surface area contributed by atoms with Crippen LogP contribution in [0.15, 0.2) is 23.8 Å². The molecule has 0 aliphatic heterocycles. The molecule has 0 unspecified atom stereocenters. The largest absolute Gasteiger partial charge is 0.469 e. The average molecular weight is 208 g/mol. The predicted octanol–water partition coefficient (Wildman–Crippen LogP) is 0.964. The molecular weight excluding hydrogens is 196 g/mol. The summed E-state index contributed by atoms with van der Waals surface area (Å²) < 4.78 is 4.44. The van der Waals surface area contributed by atoms with Crippen LogP contribution in [0, 0.1) is 0 Å². The van der Waals surface area contributed by atoms with E-state index in [2.05, 4.69) is 11.3 Å². The molecule has 1 aliphatic rings. The highest BCUT2D eigenvalue weighted by Crippen LogP contribution is 2.19. The summed E-state index contributed by atoms with van der Waals surface area (Å²) in [7, 11) is 1.28. The summed E-state index contributed by atoms with van der Waals surface area (Å²) >= 11 is 0. The van der Waals surface area contributed by atoms with E-state index in [0.717, 1.165) is 0 Å². The lowest BCUT2D eigenvalue weighted by atomic mass is 9.91. The molecule has 4 heteroatoms. The van der Waals surface area contributed by atoms with Crippen molar-refractivity contribution >= 4 is 17.5 Å². The van der Waals surface area contributed by atoms with Crippen molar-refractivity contribution in [1.82, 2.24) is 0 Å². The van der Waals surface area contributed by atoms with Crippen LogP contribution in [0.2, 0.25) is 0 Å². The number of methoxy groups -OCH3 is 1. The molecule has 0 atom stereocenters. The topological polar surface area (TPSA) is 60.4 Å². The molecule has 0 saturated carbocycles. The van der Waals surface area contributed by atoms with E-state index in [1.165, 1.54) is 7.11 Å². The maximum absolute atomic E-state index is 11.4. The van der Waals surface area contributed by atoms with Crippen LogP contribution < -0.4 is 0 Å². The van der Waals surface area contributed by atoms with Crippen molar-refractivity contribution < 1.29 is 19.1 Å². The van der Waals surface area contributed by atoms with E-state index in [0.29, 0.717) is 17.6 Å². The average Bonchev–Trinajstić information content (AvgIpc) is 2.24. The number of allylic oxidation sites excluding steroid dienone is 3. The number of hydrogen-bond donors (Lipinski definition) is 0. The first-order chi connectivity index (χ1) is 7.06. The van der Waals surface area contributed by atoms with E-state index < -0.39 is 11.6 Å². The van der Waals surface area contributed by atoms with E-state index in [-0.39, 0.29) is 18.8 Å². The molecule has 0 saturated heterocycles. The third-order valence-electron chi connectivity index (χ3n) is 2.24. The predicted molar refractivity (Wildman–Crippen MR) is 53.1 cm³/mol. The number of carbonyl (C=O) groups excluding carboxylic acids is 3. The van der Waals surface area contributed by atoms with Gasteiger partial charge in [-0.05, 0) is 12.8 Å². The lowest BCUT2D eigenvalue weighted by Crippen LogP contribution is -2.22. The van der Waals surface area contributed by atoms with Crippen LogP contribution in [0.4, 0.5) is 0 Å². The second kappa shape index (κ2) is 4.68. The second-order valence-corrected chi connectivity index (χ2v) is 3.27. The number of esters is 1. The zero-order valence-corrected chi connectivity index (χ0v) is 8.54. The second-order valence-electron chi connectivity index (χ2n) is 3.27. The van der Waals surface area contributed by atoms with Crippen molar-refractivity contribution in [3.05, 3.63) is 23.8 Å². The number of hydrogen-bond acceptors (Lipinski definition) is 4. The molecule has 80 valence electrons. The highest BCUT2D eigenvalue weighted by atomic mass is 16.5. The minimum absolute atomic E-state index is 0.119. The highest BCUT2D eigenvalue weighted by molar-refractivity contribution is 6.49. The SMILES string of the molecule is C=C1CC=C(CCC(=O)OC)C(=O)C1=O. The molecule has 0 aromatic rings. The highest BCUT2D eigenvalue weighted by Gasteiger charge is 2.25. The number of ether oxygens (including phenoxy) is 1. The monoisotopic (exact) mass is 208 g/mol. The molecule has 15 heavy (non-hydrogen) atoms. The van der Waals surface area contributed by atoms with Crippen LogP contribution >= 0.6 is 0 Å². The maximum atomic E-state index is 11.4. The first kappa shape index (κ1) is 11.4. The fourth-order valence-corrected chi connectivity index (χ4v) is 1.29. The van der Waals surface area contributed by atoms with Gasteiger partial charge in [-0.3, -0.25) is 14.4 Å². The Balaban J connectivity index is 2.63. The maximum Gasteiger partial charge on any atom is 0.305 e. The quantitative estimate of drug-likeness (QED) is 0.394. The van der Waals surface area contributed by atoms with Crippen LogP contribution in [0.25, 0.3) is 0 Å². The van der Waals surface area contributed by atoms with E-state index in [9.17, 15) is 14.4 Å². The summed E-state index contributed by atoms with van der Waals surface area (Å²) in [4.78, 5) is 33.5. The molecule has 0 aromatic heterocycles. The molecule has 0 spiro atoms.